The molecule has 1 aromatic heterocycles. The fraction of sp³-hybridized carbons (Fsp3) is 0.500. The van der Waals surface area contributed by atoms with Gasteiger partial charge >= 0.3 is 0 Å². The van der Waals surface area contributed by atoms with Gasteiger partial charge < -0.3 is 10.2 Å². The highest BCUT2D eigenvalue weighted by Crippen LogP contribution is 2.02. The maximum absolute atomic E-state index is 11.7. The van der Waals surface area contributed by atoms with Crippen molar-refractivity contribution in [3.05, 3.63) is 18.0 Å². The predicted molar refractivity (Wildman–Crippen MR) is 47.4 cm³/mol. The molecule has 0 unspecified atom stereocenters. The lowest BCUT2D eigenvalue weighted by Crippen LogP contribution is -2.46. The third-order valence-corrected chi connectivity index (χ3v) is 2.15. The van der Waals surface area contributed by atoms with Gasteiger partial charge in [-0.3, -0.25) is 9.89 Å². The molecule has 1 amide bonds. The van der Waals surface area contributed by atoms with Gasteiger partial charge in [0.25, 0.3) is 5.91 Å². The first-order valence-corrected chi connectivity index (χ1v) is 4.37. The maximum Gasteiger partial charge on any atom is 0.257 e. The van der Waals surface area contributed by atoms with Crippen LogP contribution in [0.1, 0.15) is 10.4 Å². The van der Waals surface area contributed by atoms with Crippen molar-refractivity contribution < 1.29 is 4.79 Å². The highest BCUT2D eigenvalue weighted by Gasteiger charge is 2.17. The lowest BCUT2D eigenvalue weighted by molar-refractivity contribution is 0.0736. The Balaban J connectivity index is 2.04. The van der Waals surface area contributed by atoms with Gasteiger partial charge in [-0.1, -0.05) is 0 Å². The zero-order valence-corrected chi connectivity index (χ0v) is 7.29. The SMILES string of the molecule is O=C(c1cn[nH]c1)N1CCNCC1. The van der Waals surface area contributed by atoms with Crippen molar-refractivity contribution in [2.24, 2.45) is 0 Å². The van der Waals surface area contributed by atoms with E-state index in [1.165, 1.54) is 0 Å². The fourth-order valence-electron chi connectivity index (χ4n) is 1.42. The average Bonchev–Trinajstić information content (AvgIpc) is 2.71. The van der Waals surface area contributed by atoms with Crippen molar-refractivity contribution >= 4 is 5.91 Å². The van der Waals surface area contributed by atoms with Gasteiger partial charge in [0.05, 0.1) is 11.8 Å². The van der Waals surface area contributed by atoms with E-state index in [0.29, 0.717) is 5.56 Å². The summed E-state index contributed by atoms with van der Waals surface area (Å²) in [5.41, 5.74) is 0.641. The van der Waals surface area contributed by atoms with E-state index in [9.17, 15) is 4.79 Å². The van der Waals surface area contributed by atoms with Gasteiger partial charge in [0.15, 0.2) is 0 Å². The second-order valence-electron chi connectivity index (χ2n) is 3.03. The molecule has 0 aromatic carbocycles. The van der Waals surface area contributed by atoms with Crippen LogP contribution in [-0.4, -0.2) is 47.2 Å². The Morgan fingerprint density at radius 3 is 2.85 bits per heavy atom. The van der Waals surface area contributed by atoms with Gasteiger partial charge in [0, 0.05) is 32.4 Å². The van der Waals surface area contributed by atoms with Gasteiger partial charge in [-0.2, -0.15) is 5.10 Å². The maximum atomic E-state index is 11.7. The van der Waals surface area contributed by atoms with Gasteiger partial charge in [-0.25, -0.2) is 0 Å². The second-order valence-corrected chi connectivity index (χ2v) is 3.03. The van der Waals surface area contributed by atoms with Crippen LogP contribution in [0.15, 0.2) is 12.4 Å². The Kier molecular flexibility index (Phi) is 2.27. The Bertz CT molecular complexity index is 276. The molecule has 2 heterocycles. The van der Waals surface area contributed by atoms with Crippen LogP contribution in [0.25, 0.3) is 0 Å². The first kappa shape index (κ1) is 8.25. The summed E-state index contributed by atoms with van der Waals surface area (Å²) in [5.74, 6) is 0.0650. The normalized spacial score (nSPS) is 17.4. The summed E-state index contributed by atoms with van der Waals surface area (Å²) in [5, 5.41) is 9.58. The van der Waals surface area contributed by atoms with Crippen molar-refractivity contribution in [3.63, 3.8) is 0 Å². The Hall–Kier alpha value is -1.36. The van der Waals surface area contributed by atoms with Crippen LogP contribution in [0.4, 0.5) is 0 Å². The van der Waals surface area contributed by atoms with E-state index in [1.807, 2.05) is 4.90 Å². The molecule has 1 fully saturated rings. The van der Waals surface area contributed by atoms with E-state index in [1.54, 1.807) is 12.4 Å². The minimum absolute atomic E-state index is 0.0650. The molecule has 1 saturated heterocycles. The van der Waals surface area contributed by atoms with E-state index in [2.05, 4.69) is 15.5 Å². The first-order valence-electron chi connectivity index (χ1n) is 4.37. The van der Waals surface area contributed by atoms with E-state index in [0.717, 1.165) is 26.2 Å². The Labute approximate surface area is 76.1 Å². The molecule has 0 aliphatic carbocycles. The number of hydrogen-bond acceptors (Lipinski definition) is 3. The van der Waals surface area contributed by atoms with Gasteiger partial charge in [0.1, 0.15) is 0 Å². The molecule has 0 atom stereocenters. The number of nitrogens with one attached hydrogen (secondary N) is 2. The van der Waals surface area contributed by atoms with Crippen molar-refractivity contribution in [1.29, 1.82) is 0 Å². The lowest BCUT2D eigenvalue weighted by Gasteiger charge is -2.26. The molecule has 0 bridgehead atoms. The molecule has 0 spiro atoms. The standard InChI is InChI=1S/C8H12N4O/c13-8(7-5-10-11-6-7)12-3-1-9-2-4-12/h5-6,9H,1-4H2,(H,10,11). The van der Waals surface area contributed by atoms with E-state index in [-0.39, 0.29) is 5.91 Å². The summed E-state index contributed by atoms with van der Waals surface area (Å²) in [7, 11) is 0. The summed E-state index contributed by atoms with van der Waals surface area (Å²) in [6, 6.07) is 0. The van der Waals surface area contributed by atoms with E-state index < -0.39 is 0 Å². The highest BCUT2D eigenvalue weighted by molar-refractivity contribution is 5.93. The largest absolute Gasteiger partial charge is 0.336 e. The van der Waals surface area contributed by atoms with Crippen molar-refractivity contribution in [2.45, 2.75) is 0 Å². The minimum atomic E-state index is 0.0650. The van der Waals surface area contributed by atoms with Crippen molar-refractivity contribution in [1.82, 2.24) is 20.4 Å². The molecule has 70 valence electrons. The molecule has 1 aromatic rings. The number of carbonyl (C=O) groups is 1. The number of aromatic nitrogens is 2. The number of carbonyl (C=O) groups excluding carboxylic acids is 1. The Morgan fingerprint density at radius 2 is 2.23 bits per heavy atom. The first-order chi connectivity index (χ1) is 6.38. The zero-order chi connectivity index (χ0) is 9.10. The van der Waals surface area contributed by atoms with Crippen LogP contribution in [0.2, 0.25) is 0 Å². The minimum Gasteiger partial charge on any atom is -0.336 e. The molecule has 0 saturated carbocycles. The molecule has 1 aliphatic heterocycles. The van der Waals surface area contributed by atoms with Crippen LogP contribution < -0.4 is 5.32 Å². The number of amides is 1. The fourth-order valence-corrected chi connectivity index (χ4v) is 1.42. The molecule has 2 rings (SSSR count). The lowest BCUT2D eigenvalue weighted by atomic mass is 10.3. The summed E-state index contributed by atoms with van der Waals surface area (Å²) >= 11 is 0. The van der Waals surface area contributed by atoms with Crippen LogP contribution in [0.5, 0.6) is 0 Å². The summed E-state index contributed by atoms with van der Waals surface area (Å²) < 4.78 is 0. The van der Waals surface area contributed by atoms with Gasteiger partial charge in [-0.15, -0.1) is 0 Å². The number of nitrogens with zero attached hydrogens (tertiary/aromatic N) is 2. The third kappa shape index (κ3) is 1.70. The average molecular weight is 180 g/mol. The second kappa shape index (κ2) is 3.57. The monoisotopic (exact) mass is 180 g/mol. The number of H-pyrrole nitrogens is 1. The van der Waals surface area contributed by atoms with Crippen LogP contribution >= 0.6 is 0 Å². The summed E-state index contributed by atoms with van der Waals surface area (Å²) in [6.07, 6.45) is 3.19. The molecular weight excluding hydrogens is 168 g/mol. The highest BCUT2D eigenvalue weighted by atomic mass is 16.2. The molecule has 0 radical (unpaired) electrons. The van der Waals surface area contributed by atoms with E-state index >= 15 is 0 Å². The van der Waals surface area contributed by atoms with Crippen molar-refractivity contribution in [3.8, 4) is 0 Å². The van der Waals surface area contributed by atoms with Gasteiger partial charge in [-0.05, 0) is 0 Å². The number of piperazine rings is 1. The third-order valence-electron chi connectivity index (χ3n) is 2.15. The van der Waals surface area contributed by atoms with E-state index in [4.69, 9.17) is 0 Å². The number of hydrogen-bond donors (Lipinski definition) is 2. The summed E-state index contributed by atoms with van der Waals surface area (Å²) in [6.45, 7) is 3.32. The topological polar surface area (TPSA) is 61.0 Å². The molecule has 5 nitrogen and oxygen atoms in total. The van der Waals surface area contributed by atoms with Crippen molar-refractivity contribution in [2.75, 3.05) is 26.2 Å². The quantitative estimate of drug-likeness (QED) is 0.610. The predicted octanol–water partition coefficient (Wildman–Crippen LogP) is -0.545. The molecule has 1 aliphatic rings. The smallest absolute Gasteiger partial charge is 0.257 e. The Morgan fingerprint density at radius 1 is 1.46 bits per heavy atom. The van der Waals surface area contributed by atoms with Crippen LogP contribution in [-0.2, 0) is 0 Å². The van der Waals surface area contributed by atoms with Gasteiger partial charge in [0.2, 0.25) is 0 Å². The number of rotatable bonds is 1. The van der Waals surface area contributed by atoms with Crippen LogP contribution in [0.3, 0.4) is 0 Å². The molecular formula is C8H12N4O. The van der Waals surface area contributed by atoms with Crippen LogP contribution in [0, 0.1) is 0 Å². The molecule has 2 N–H and O–H groups in total. The number of aromatic amines is 1. The zero-order valence-electron chi connectivity index (χ0n) is 7.29. The molecule has 13 heavy (non-hydrogen) atoms. The molecule has 5 heteroatoms. The summed E-state index contributed by atoms with van der Waals surface area (Å²) in [4.78, 5) is 13.5.